The molecule has 0 radical (unpaired) electrons. The average Bonchev–Trinajstić information content (AvgIpc) is 3.19. The van der Waals surface area contributed by atoms with E-state index in [9.17, 15) is 22.8 Å². The number of anilines is 3. The lowest BCUT2D eigenvalue weighted by Crippen LogP contribution is -2.23. The fourth-order valence-corrected chi connectivity index (χ4v) is 4.41. The fourth-order valence-electron chi connectivity index (χ4n) is 2.65. The van der Waals surface area contributed by atoms with Gasteiger partial charge in [-0.3, -0.25) is 14.5 Å². The molecule has 0 aliphatic rings. The van der Waals surface area contributed by atoms with Crippen LogP contribution in [0.1, 0.15) is 12.6 Å². The first kappa shape index (κ1) is 23.8. The van der Waals surface area contributed by atoms with Crippen LogP contribution in [0.15, 0.2) is 58.8 Å². The SMILES string of the molecule is CC(=O)N(c1nc(/C=C/C(=O)Nc2cccc(Cl)c2SC(F)F)cs1)c1ccccc1F. The topological polar surface area (TPSA) is 62.3 Å². The quantitative estimate of drug-likeness (QED) is 0.295. The van der Waals surface area contributed by atoms with Crippen LogP contribution in [0.2, 0.25) is 5.02 Å². The zero-order chi connectivity index (χ0) is 23.3. The number of carbonyl (C=O) groups excluding carboxylic acids is 2. The molecule has 0 aliphatic heterocycles. The standard InChI is InChI=1S/C21H15ClF3N3O2S2/c1-12(29)28(17-8-3-2-6-15(17)23)21-26-13(11-31-21)9-10-18(30)27-16-7-4-5-14(22)19(16)32-20(24)25/h2-11,20H,1H3,(H,27,30)/b10-9+. The number of amides is 2. The van der Waals surface area contributed by atoms with Crippen molar-refractivity contribution >= 4 is 69.1 Å². The number of nitrogens with one attached hydrogen (secondary N) is 1. The lowest BCUT2D eigenvalue weighted by Gasteiger charge is -2.18. The van der Waals surface area contributed by atoms with Gasteiger partial charge in [0.2, 0.25) is 11.8 Å². The molecule has 2 aromatic carbocycles. The van der Waals surface area contributed by atoms with Gasteiger partial charge in [0.25, 0.3) is 5.76 Å². The maximum Gasteiger partial charge on any atom is 0.289 e. The van der Waals surface area contributed by atoms with E-state index >= 15 is 0 Å². The van der Waals surface area contributed by atoms with Crippen LogP contribution < -0.4 is 10.2 Å². The third-order valence-electron chi connectivity index (χ3n) is 3.95. The molecule has 0 bridgehead atoms. The summed E-state index contributed by atoms with van der Waals surface area (Å²) in [6, 6.07) is 10.2. The van der Waals surface area contributed by atoms with Crippen molar-refractivity contribution in [2.24, 2.45) is 0 Å². The molecule has 166 valence electrons. The van der Waals surface area contributed by atoms with Crippen LogP contribution in [-0.4, -0.2) is 22.6 Å². The van der Waals surface area contributed by atoms with Gasteiger partial charge >= 0.3 is 0 Å². The van der Waals surface area contributed by atoms with E-state index in [-0.39, 0.29) is 38.2 Å². The summed E-state index contributed by atoms with van der Waals surface area (Å²) in [5.41, 5.74) is 0.572. The second-order valence-corrected chi connectivity index (χ2v) is 8.42. The van der Waals surface area contributed by atoms with Crippen molar-refractivity contribution in [3.63, 3.8) is 0 Å². The number of benzene rings is 2. The minimum atomic E-state index is -2.70. The lowest BCUT2D eigenvalue weighted by molar-refractivity contribution is -0.116. The zero-order valence-corrected chi connectivity index (χ0v) is 18.8. The van der Waals surface area contributed by atoms with Gasteiger partial charge in [-0.15, -0.1) is 11.3 Å². The molecule has 1 heterocycles. The Hall–Kier alpha value is -2.82. The highest BCUT2D eigenvalue weighted by molar-refractivity contribution is 7.99. The van der Waals surface area contributed by atoms with Gasteiger partial charge in [0.05, 0.1) is 27.0 Å². The molecule has 2 amide bonds. The van der Waals surface area contributed by atoms with Crippen molar-refractivity contribution in [2.45, 2.75) is 17.6 Å². The summed E-state index contributed by atoms with van der Waals surface area (Å²) >= 11 is 7.29. The maximum atomic E-state index is 14.2. The summed E-state index contributed by atoms with van der Waals surface area (Å²) in [7, 11) is 0. The second kappa shape index (κ2) is 10.7. The Kier molecular flexibility index (Phi) is 7.94. The predicted octanol–water partition coefficient (Wildman–Crippen LogP) is 6.59. The molecule has 5 nitrogen and oxygen atoms in total. The third kappa shape index (κ3) is 5.90. The van der Waals surface area contributed by atoms with Gasteiger partial charge in [-0.25, -0.2) is 9.37 Å². The fraction of sp³-hybridized carbons (Fsp3) is 0.0952. The largest absolute Gasteiger partial charge is 0.321 e. The smallest absolute Gasteiger partial charge is 0.289 e. The van der Waals surface area contributed by atoms with Crippen LogP contribution in [0.25, 0.3) is 6.08 Å². The molecule has 3 aromatic rings. The summed E-state index contributed by atoms with van der Waals surface area (Å²) in [6.45, 7) is 1.29. The third-order valence-corrected chi connectivity index (χ3v) is 6.07. The number of thioether (sulfide) groups is 1. The van der Waals surface area contributed by atoms with Gasteiger partial charge < -0.3 is 5.32 Å². The molecule has 1 N–H and O–H groups in total. The summed E-state index contributed by atoms with van der Waals surface area (Å²) in [5, 5.41) is 4.42. The van der Waals surface area contributed by atoms with E-state index < -0.39 is 23.4 Å². The Morgan fingerprint density at radius 1 is 1.22 bits per heavy atom. The Morgan fingerprint density at radius 2 is 1.97 bits per heavy atom. The van der Waals surface area contributed by atoms with Crippen molar-refractivity contribution < 1.29 is 22.8 Å². The molecule has 0 saturated carbocycles. The number of alkyl halides is 2. The number of rotatable bonds is 7. The first-order valence-electron chi connectivity index (χ1n) is 8.99. The molecule has 3 rings (SSSR count). The summed E-state index contributed by atoms with van der Waals surface area (Å²) < 4.78 is 39.7. The lowest BCUT2D eigenvalue weighted by atomic mass is 10.3. The molecule has 0 spiro atoms. The van der Waals surface area contributed by atoms with Gasteiger partial charge in [-0.05, 0) is 30.3 Å². The second-order valence-electron chi connectivity index (χ2n) is 6.18. The van der Waals surface area contributed by atoms with Gasteiger partial charge in [-0.1, -0.05) is 41.6 Å². The Bertz CT molecular complexity index is 1170. The van der Waals surface area contributed by atoms with Crippen molar-refractivity contribution in [3.05, 3.63) is 70.5 Å². The monoisotopic (exact) mass is 497 g/mol. The zero-order valence-electron chi connectivity index (χ0n) is 16.4. The first-order valence-corrected chi connectivity index (χ1v) is 11.1. The van der Waals surface area contributed by atoms with E-state index in [2.05, 4.69) is 10.3 Å². The van der Waals surface area contributed by atoms with E-state index in [0.717, 1.165) is 22.3 Å². The molecule has 11 heteroatoms. The summed E-state index contributed by atoms with van der Waals surface area (Å²) in [5.74, 6) is -4.29. The highest BCUT2D eigenvalue weighted by atomic mass is 35.5. The average molecular weight is 498 g/mol. The van der Waals surface area contributed by atoms with Crippen LogP contribution in [0.4, 0.5) is 29.7 Å². The molecule has 32 heavy (non-hydrogen) atoms. The molecule has 1 aromatic heterocycles. The number of halogens is 4. The van der Waals surface area contributed by atoms with E-state index in [4.69, 9.17) is 11.6 Å². The Morgan fingerprint density at radius 3 is 2.66 bits per heavy atom. The molecule has 0 unspecified atom stereocenters. The Labute approximate surface area is 194 Å². The molecule has 0 saturated heterocycles. The predicted molar refractivity (Wildman–Crippen MR) is 122 cm³/mol. The summed E-state index contributed by atoms with van der Waals surface area (Å²) in [6.07, 6.45) is 2.55. The number of nitrogens with zero attached hydrogens (tertiary/aromatic N) is 2. The van der Waals surface area contributed by atoms with Crippen LogP contribution in [0, 0.1) is 5.82 Å². The van der Waals surface area contributed by atoms with Crippen molar-refractivity contribution in [1.82, 2.24) is 4.98 Å². The van der Waals surface area contributed by atoms with E-state index in [1.54, 1.807) is 11.4 Å². The van der Waals surface area contributed by atoms with Gasteiger partial charge in [0.1, 0.15) is 5.82 Å². The van der Waals surface area contributed by atoms with E-state index in [1.165, 1.54) is 49.4 Å². The highest BCUT2D eigenvalue weighted by Crippen LogP contribution is 2.37. The van der Waals surface area contributed by atoms with E-state index in [1.807, 2.05) is 0 Å². The molecule has 0 atom stereocenters. The van der Waals surface area contributed by atoms with Crippen molar-refractivity contribution in [1.29, 1.82) is 0 Å². The number of thiazole rings is 1. The minimum absolute atomic E-state index is 0.0591. The van der Waals surface area contributed by atoms with Crippen molar-refractivity contribution in [3.8, 4) is 0 Å². The van der Waals surface area contributed by atoms with Gasteiger partial charge in [-0.2, -0.15) is 8.78 Å². The number of hydrogen-bond acceptors (Lipinski definition) is 5. The highest BCUT2D eigenvalue weighted by Gasteiger charge is 2.20. The van der Waals surface area contributed by atoms with Crippen LogP contribution in [0.5, 0.6) is 0 Å². The normalized spacial score (nSPS) is 11.2. The van der Waals surface area contributed by atoms with Crippen LogP contribution in [0.3, 0.4) is 0 Å². The summed E-state index contributed by atoms with van der Waals surface area (Å²) in [4.78, 5) is 29.8. The minimum Gasteiger partial charge on any atom is -0.321 e. The number of para-hydroxylation sites is 1. The van der Waals surface area contributed by atoms with Crippen LogP contribution in [-0.2, 0) is 9.59 Å². The number of aromatic nitrogens is 1. The number of hydrogen-bond donors (Lipinski definition) is 1. The van der Waals surface area contributed by atoms with E-state index in [0.29, 0.717) is 5.69 Å². The molecule has 0 aliphatic carbocycles. The van der Waals surface area contributed by atoms with Gasteiger partial charge in [0, 0.05) is 18.4 Å². The van der Waals surface area contributed by atoms with Crippen molar-refractivity contribution in [2.75, 3.05) is 10.2 Å². The molecular formula is C21H15ClF3N3O2S2. The number of carbonyl (C=O) groups is 2. The Balaban J connectivity index is 1.76. The maximum absolute atomic E-state index is 14.2. The molecule has 0 fully saturated rings. The van der Waals surface area contributed by atoms with Gasteiger partial charge in [0.15, 0.2) is 5.13 Å². The van der Waals surface area contributed by atoms with Crippen LogP contribution >= 0.6 is 34.7 Å². The molecular weight excluding hydrogens is 483 g/mol. The first-order chi connectivity index (χ1) is 15.3.